The van der Waals surface area contributed by atoms with Crippen LogP contribution in [0.1, 0.15) is 43.0 Å². The minimum atomic E-state index is 0.102. The molecule has 3 N–H and O–H groups in total. The van der Waals surface area contributed by atoms with Gasteiger partial charge in [-0.15, -0.1) is 0 Å². The number of amides is 1. The fourth-order valence-electron chi connectivity index (χ4n) is 3.31. The van der Waals surface area contributed by atoms with Gasteiger partial charge in [-0.1, -0.05) is 6.92 Å². The summed E-state index contributed by atoms with van der Waals surface area (Å²) in [5.74, 6) is 0.895. The topological polar surface area (TPSA) is 62.1 Å². The molecule has 1 aliphatic carbocycles. The molecule has 1 heterocycles. The number of nitrogens with one attached hydrogen (secondary N) is 1. The zero-order valence-electron chi connectivity index (χ0n) is 12.7. The molecule has 21 heavy (non-hydrogen) atoms. The highest BCUT2D eigenvalue weighted by Gasteiger charge is 2.26. The third-order valence-electron chi connectivity index (χ3n) is 4.79. The predicted octanol–water partition coefficient (Wildman–Crippen LogP) is 3.40. The van der Waals surface area contributed by atoms with Crippen LogP contribution in [0.5, 0.6) is 0 Å². The van der Waals surface area contributed by atoms with Crippen molar-refractivity contribution in [2.45, 2.75) is 38.6 Å². The molecule has 1 aromatic heterocycles. The minimum absolute atomic E-state index is 0.102. The number of nitrogens with zero attached hydrogens (tertiary/aromatic N) is 1. The van der Waals surface area contributed by atoms with Gasteiger partial charge >= 0.3 is 0 Å². The Morgan fingerprint density at radius 1 is 1.29 bits per heavy atom. The van der Waals surface area contributed by atoms with Gasteiger partial charge in [-0.3, -0.25) is 4.79 Å². The molecule has 0 aliphatic heterocycles. The van der Waals surface area contributed by atoms with Crippen LogP contribution in [0, 0.1) is 5.92 Å². The first-order chi connectivity index (χ1) is 10.1. The van der Waals surface area contributed by atoms with E-state index in [-0.39, 0.29) is 5.91 Å². The van der Waals surface area contributed by atoms with Gasteiger partial charge in [-0.25, -0.2) is 0 Å². The molecule has 0 radical (unpaired) electrons. The Kier molecular flexibility index (Phi) is 3.62. The quantitative estimate of drug-likeness (QED) is 0.831. The van der Waals surface area contributed by atoms with E-state index < -0.39 is 0 Å². The van der Waals surface area contributed by atoms with E-state index in [0.29, 0.717) is 11.7 Å². The van der Waals surface area contributed by atoms with Crippen LogP contribution in [0.25, 0.3) is 10.9 Å². The van der Waals surface area contributed by atoms with Gasteiger partial charge in [0, 0.05) is 35.9 Å². The van der Waals surface area contributed by atoms with Crippen molar-refractivity contribution in [1.29, 1.82) is 0 Å². The number of aromatic nitrogens is 1. The third kappa shape index (κ3) is 2.62. The zero-order valence-corrected chi connectivity index (χ0v) is 12.7. The van der Waals surface area contributed by atoms with Crippen molar-refractivity contribution in [3.05, 3.63) is 30.0 Å². The maximum absolute atomic E-state index is 12.8. The molecule has 1 aliphatic rings. The van der Waals surface area contributed by atoms with Gasteiger partial charge in [-0.05, 0) is 49.8 Å². The predicted molar refractivity (Wildman–Crippen MR) is 86.2 cm³/mol. The first-order valence-corrected chi connectivity index (χ1v) is 7.70. The molecule has 0 saturated heterocycles. The summed E-state index contributed by atoms with van der Waals surface area (Å²) in [5, 5.41) is 0.949. The maximum Gasteiger partial charge on any atom is 0.256 e. The van der Waals surface area contributed by atoms with Gasteiger partial charge in [0.2, 0.25) is 0 Å². The normalized spacial score (nSPS) is 22.4. The van der Waals surface area contributed by atoms with Crippen molar-refractivity contribution in [2.24, 2.45) is 5.92 Å². The maximum atomic E-state index is 12.8. The lowest BCUT2D eigenvalue weighted by Gasteiger charge is -2.33. The van der Waals surface area contributed by atoms with Crippen molar-refractivity contribution < 1.29 is 4.79 Å². The highest BCUT2D eigenvalue weighted by Crippen LogP contribution is 2.28. The number of H-pyrrole nitrogens is 1. The summed E-state index contributed by atoms with van der Waals surface area (Å²) in [4.78, 5) is 17.8. The number of fused-ring (bicyclic) bond motifs is 1. The number of anilines is 1. The molecule has 2 aromatic rings. The Hall–Kier alpha value is -1.97. The number of hydrogen-bond acceptors (Lipinski definition) is 2. The molecule has 0 spiro atoms. The number of carbonyl (C=O) groups is 1. The second-order valence-corrected chi connectivity index (χ2v) is 6.34. The molecule has 0 bridgehead atoms. The second-order valence-electron chi connectivity index (χ2n) is 6.34. The molecule has 1 fully saturated rings. The monoisotopic (exact) mass is 285 g/mol. The lowest BCUT2D eigenvalue weighted by atomic mass is 9.86. The van der Waals surface area contributed by atoms with Gasteiger partial charge < -0.3 is 15.6 Å². The van der Waals surface area contributed by atoms with E-state index in [0.717, 1.165) is 35.2 Å². The van der Waals surface area contributed by atoms with Gasteiger partial charge in [0.15, 0.2) is 0 Å². The molecule has 1 saturated carbocycles. The molecular formula is C17H23N3O. The molecule has 1 aromatic carbocycles. The molecule has 0 unspecified atom stereocenters. The Labute approximate surface area is 125 Å². The summed E-state index contributed by atoms with van der Waals surface area (Å²) in [6.07, 6.45) is 6.45. The smallest absolute Gasteiger partial charge is 0.256 e. The fourth-order valence-corrected chi connectivity index (χ4v) is 3.31. The van der Waals surface area contributed by atoms with Gasteiger partial charge in [0.1, 0.15) is 0 Å². The van der Waals surface area contributed by atoms with Gasteiger partial charge in [0.25, 0.3) is 5.91 Å². The zero-order chi connectivity index (χ0) is 15.0. The Morgan fingerprint density at radius 3 is 2.71 bits per heavy atom. The first-order valence-electron chi connectivity index (χ1n) is 7.70. The number of rotatable bonds is 2. The van der Waals surface area contributed by atoms with E-state index in [2.05, 4.69) is 11.9 Å². The number of nitrogen functional groups attached to an aromatic ring is 1. The van der Waals surface area contributed by atoms with E-state index in [4.69, 9.17) is 5.73 Å². The number of nitrogens with two attached hydrogens (primary N) is 1. The van der Waals surface area contributed by atoms with Crippen LogP contribution in [-0.4, -0.2) is 28.9 Å². The van der Waals surface area contributed by atoms with E-state index in [1.54, 1.807) is 6.20 Å². The van der Waals surface area contributed by atoms with Crippen LogP contribution in [-0.2, 0) is 0 Å². The molecule has 4 nitrogen and oxygen atoms in total. The molecule has 112 valence electrons. The summed E-state index contributed by atoms with van der Waals surface area (Å²) in [7, 11) is 1.93. The Bertz CT molecular complexity index is 653. The van der Waals surface area contributed by atoms with E-state index >= 15 is 0 Å². The van der Waals surface area contributed by atoms with Gasteiger partial charge in [-0.2, -0.15) is 0 Å². The highest BCUT2D eigenvalue weighted by atomic mass is 16.2. The summed E-state index contributed by atoms with van der Waals surface area (Å²) in [6, 6.07) is 6.00. The van der Waals surface area contributed by atoms with Crippen LogP contribution in [0.3, 0.4) is 0 Å². The fraction of sp³-hybridized carbons (Fsp3) is 0.471. The van der Waals surface area contributed by atoms with Crippen molar-refractivity contribution >= 4 is 22.5 Å². The van der Waals surface area contributed by atoms with Crippen molar-refractivity contribution in [1.82, 2.24) is 9.88 Å². The number of carbonyl (C=O) groups excluding carboxylic acids is 1. The van der Waals surface area contributed by atoms with Crippen LogP contribution in [0.4, 0.5) is 5.69 Å². The highest BCUT2D eigenvalue weighted by molar-refractivity contribution is 6.07. The van der Waals surface area contributed by atoms with Gasteiger partial charge in [0.05, 0.1) is 5.56 Å². The molecule has 4 heteroatoms. The summed E-state index contributed by atoms with van der Waals surface area (Å²) >= 11 is 0. The van der Waals surface area contributed by atoms with E-state index in [9.17, 15) is 4.79 Å². The average Bonchev–Trinajstić information content (AvgIpc) is 2.89. The summed E-state index contributed by atoms with van der Waals surface area (Å²) in [6.45, 7) is 2.29. The second kappa shape index (κ2) is 5.43. The van der Waals surface area contributed by atoms with E-state index in [1.807, 2.05) is 30.1 Å². The summed E-state index contributed by atoms with van der Waals surface area (Å²) in [5.41, 5.74) is 8.15. The van der Waals surface area contributed by atoms with Crippen LogP contribution < -0.4 is 5.73 Å². The number of hydrogen-bond donors (Lipinski definition) is 2. The number of aromatic amines is 1. The Morgan fingerprint density at radius 2 is 2.00 bits per heavy atom. The standard InChI is InChI=1S/C17H23N3O/c1-11-3-6-13(7-4-11)20(2)17(21)15-10-19-16-9-12(18)5-8-14(15)16/h5,8-11,13,19H,3-4,6-7,18H2,1-2H3. The largest absolute Gasteiger partial charge is 0.399 e. The lowest BCUT2D eigenvalue weighted by Crippen LogP contribution is -2.39. The van der Waals surface area contributed by atoms with Crippen molar-refractivity contribution in [3.8, 4) is 0 Å². The van der Waals surface area contributed by atoms with Crippen LogP contribution in [0.2, 0.25) is 0 Å². The molecule has 3 rings (SSSR count). The SMILES string of the molecule is CC1CCC(N(C)C(=O)c2c[nH]c3cc(N)ccc23)CC1. The minimum Gasteiger partial charge on any atom is -0.399 e. The van der Waals surface area contributed by atoms with Crippen LogP contribution in [0.15, 0.2) is 24.4 Å². The van der Waals surface area contributed by atoms with E-state index in [1.165, 1.54) is 12.8 Å². The lowest BCUT2D eigenvalue weighted by molar-refractivity contribution is 0.0681. The summed E-state index contributed by atoms with van der Waals surface area (Å²) < 4.78 is 0. The molecular weight excluding hydrogens is 262 g/mol. The Balaban J connectivity index is 1.83. The molecule has 0 atom stereocenters. The first kappa shape index (κ1) is 14.0. The van der Waals surface area contributed by atoms with Crippen LogP contribution >= 0.6 is 0 Å². The number of benzene rings is 1. The molecule has 1 amide bonds. The van der Waals surface area contributed by atoms with Crippen molar-refractivity contribution in [2.75, 3.05) is 12.8 Å². The third-order valence-corrected chi connectivity index (χ3v) is 4.79. The van der Waals surface area contributed by atoms with Crippen molar-refractivity contribution in [3.63, 3.8) is 0 Å². The average molecular weight is 285 g/mol.